The number of fused-ring (bicyclic) bond motifs is 5. The lowest BCUT2D eigenvalue weighted by Crippen LogP contribution is -2.34. The van der Waals surface area contributed by atoms with Crippen LogP contribution in [0.15, 0.2) is 24.3 Å². The van der Waals surface area contributed by atoms with E-state index in [0.29, 0.717) is 5.69 Å². The van der Waals surface area contributed by atoms with Crippen LogP contribution < -0.4 is 4.90 Å². The van der Waals surface area contributed by atoms with E-state index in [0.717, 1.165) is 18.4 Å². The topological polar surface area (TPSA) is 46.6 Å². The van der Waals surface area contributed by atoms with Crippen molar-refractivity contribution in [2.45, 2.75) is 32.0 Å². The molecule has 3 aliphatic heterocycles. The predicted molar refractivity (Wildman–Crippen MR) is 68.5 cm³/mol. The molecular weight excluding hydrogens is 242 g/mol. The van der Waals surface area contributed by atoms with Gasteiger partial charge in [0.05, 0.1) is 29.7 Å². The Balaban J connectivity index is 1.75. The molecule has 1 aromatic carbocycles. The van der Waals surface area contributed by atoms with Crippen LogP contribution in [-0.4, -0.2) is 24.0 Å². The van der Waals surface area contributed by atoms with Crippen molar-refractivity contribution in [2.24, 2.45) is 11.8 Å². The molecule has 4 nitrogen and oxygen atoms in total. The van der Waals surface area contributed by atoms with Crippen molar-refractivity contribution in [3.05, 3.63) is 29.8 Å². The first-order chi connectivity index (χ1) is 9.16. The first kappa shape index (κ1) is 11.2. The molecule has 19 heavy (non-hydrogen) atoms. The maximum atomic E-state index is 12.5. The van der Waals surface area contributed by atoms with E-state index in [1.54, 1.807) is 0 Å². The summed E-state index contributed by atoms with van der Waals surface area (Å²) in [4.78, 5) is 26.4. The molecule has 3 fully saturated rings. The van der Waals surface area contributed by atoms with Gasteiger partial charge in [-0.05, 0) is 37.5 Å². The van der Waals surface area contributed by atoms with Gasteiger partial charge in [0.15, 0.2) is 0 Å². The van der Waals surface area contributed by atoms with Crippen LogP contribution >= 0.6 is 0 Å². The number of hydrogen-bond donors (Lipinski definition) is 0. The molecule has 2 amide bonds. The lowest BCUT2D eigenvalue weighted by atomic mass is 9.81. The summed E-state index contributed by atoms with van der Waals surface area (Å²) in [7, 11) is 0. The van der Waals surface area contributed by atoms with E-state index in [1.807, 2.05) is 31.2 Å². The Hall–Kier alpha value is -1.68. The molecule has 0 saturated carbocycles. The highest BCUT2D eigenvalue weighted by atomic mass is 16.5. The van der Waals surface area contributed by atoms with Gasteiger partial charge in [0, 0.05) is 0 Å². The number of imide groups is 1. The number of benzene rings is 1. The number of rotatable bonds is 1. The number of anilines is 1. The summed E-state index contributed by atoms with van der Waals surface area (Å²) in [5.74, 6) is -0.640. The molecule has 1 aromatic rings. The molecule has 0 N–H and O–H groups in total. The SMILES string of the molecule is Cc1cccc(N2C(=O)[C@@H]3[C@@H](C2=O)[C@H]2CC[C@H]3O2)c1. The zero-order valence-electron chi connectivity index (χ0n) is 10.7. The molecule has 0 spiro atoms. The number of aryl methyl sites for hydroxylation is 1. The summed E-state index contributed by atoms with van der Waals surface area (Å²) in [6.45, 7) is 1.96. The minimum absolute atomic E-state index is 0.0405. The van der Waals surface area contributed by atoms with E-state index in [1.165, 1.54) is 4.90 Å². The smallest absolute Gasteiger partial charge is 0.240 e. The van der Waals surface area contributed by atoms with Gasteiger partial charge in [-0.25, -0.2) is 4.90 Å². The Morgan fingerprint density at radius 2 is 1.74 bits per heavy atom. The van der Waals surface area contributed by atoms with Crippen molar-refractivity contribution in [2.75, 3.05) is 4.90 Å². The third-order valence-electron chi connectivity index (χ3n) is 4.54. The Kier molecular flexibility index (Phi) is 2.16. The van der Waals surface area contributed by atoms with Crippen LogP contribution in [0, 0.1) is 18.8 Å². The van der Waals surface area contributed by atoms with E-state index < -0.39 is 0 Å². The second kappa shape index (κ2) is 3.67. The van der Waals surface area contributed by atoms with Gasteiger partial charge in [-0.2, -0.15) is 0 Å². The molecule has 3 aliphatic rings. The molecular formula is C15H15NO3. The van der Waals surface area contributed by atoms with Crippen LogP contribution in [0.1, 0.15) is 18.4 Å². The minimum Gasteiger partial charge on any atom is -0.373 e. The molecule has 98 valence electrons. The molecule has 0 aromatic heterocycles. The largest absolute Gasteiger partial charge is 0.373 e. The summed E-state index contributed by atoms with van der Waals surface area (Å²) in [6.07, 6.45) is 1.74. The summed E-state index contributed by atoms with van der Waals surface area (Å²) in [5, 5.41) is 0. The van der Waals surface area contributed by atoms with E-state index in [-0.39, 0.29) is 35.9 Å². The lowest BCUT2D eigenvalue weighted by molar-refractivity contribution is -0.124. The first-order valence-corrected chi connectivity index (χ1v) is 6.77. The third kappa shape index (κ3) is 1.38. The first-order valence-electron chi connectivity index (χ1n) is 6.77. The van der Waals surface area contributed by atoms with Crippen LogP contribution in [0.4, 0.5) is 5.69 Å². The number of ether oxygens (including phenoxy) is 1. The number of carbonyl (C=O) groups excluding carboxylic acids is 2. The highest BCUT2D eigenvalue weighted by Crippen LogP contribution is 2.49. The summed E-state index contributed by atoms with van der Waals surface area (Å²) in [5.41, 5.74) is 1.75. The van der Waals surface area contributed by atoms with Crippen molar-refractivity contribution in [1.82, 2.24) is 0 Å². The zero-order valence-corrected chi connectivity index (χ0v) is 10.7. The fourth-order valence-electron chi connectivity index (χ4n) is 3.73. The molecule has 4 atom stereocenters. The van der Waals surface area contributed by atoms with E-state index in [2.05, 4.69) is 0 Å². The average Bonchev–Trinajstić information content (AvgIpc) is 3.04. The molecule has 3 saturated heterocycles. The fraction of sp³-hybridized carbons (Fsp3) is 0.467. The average molecular weight is 257 g/mol. The van der Waals surface area contributed by atoms with Crippen molar-refractivity contribution in [3.63, 3.8) is 0 Å². The van der Waals surface area contributed by atoms with Crippen molar-refractivity contribution < 1.29 is 14.3 Å². The van der Waals surface area contributed by atoms with Crippen LogP contribution in [0.5, 0.6) is 0 Å². The molecule has 4 heteroatoms. The molecule has 2 bridgehead atoms. The molecule has 0 radical (unpaired) electrons. The van der Waals surface area contributed by atoms with Crippen LogP contribution in [-0.2, 0) is 14.3 Å². The predicted octanol–water partition coefficient (Wildman–Crippen LogP) is 1.66. The van der Waals surface area contributed by atoms with Gasteiger partial charge < -0.3 is 4.74 Å². The quantitative estimate of drug-likeness (QED) is 0.719. The zero-order chi connectivity index (χ0) is 13.1. The Labute approximate surface area is 111 Å². The highest BCUT2D eigenvalue weighted by molar-refractivity contribution is 6.22. The number of hydrogen-bond acceptors (Lipinski definition) is 3. The van der Waals surface area contributed by atoms with E-state index in [9.17, 15) is 9.59 Å². The molecule has 0 aliphatic carbocycles. The van der Waals surface area contributed by atoms with E-state index >= 15 is 0 Å². The van der Waals surface area contributed by atoms with Gasteiger partial charge in [0.1, 0.15) is 0 Å². The lowest BCUT2D eigenvalue weighted by Gasteiger charge is -2.17. The summed E-state index contributed by atoms with van der Waals surface area (Å²) in [6, 6.07) is 7.55. The standard InChI is InChI=1S/C15H15NO3/c1-8-3-2-4-9(7-8)16-14(17)12-10-5-6-11(19-10)13(12)15(16)18/h2-4,7,10-13H,5-6H2,1H3/t10-,11-,12+,13+/m1/s1. The van der Waals surface area contributed by atoms with Crippen molar-refractivity contribution in [3.8, 4) is 0 Å². The van der Waals surface area contributed by atoms with Crippen molar-refractivity contribution in [1.29, 1.82) is 0 Å². The van der Waals surface area contributed by atoms with Gasteiger partial charge in [-0.1, -0.05) is 12.1 Å². The second-order valence-electron chi connectivity index (χ2n) is 5.69. The molecule has 0 unspecified atom stereocenters. The van der Waals surface area contributed by atoms with Crippen LogP contribution in [0.2, 0.25) is 0 Å². The van der Waals surface area contributed by atoms with E-state index in [4.69, 9.17) is 4.74 Å². The normalized spacial score (nSPS) is 36.2. The Morgan fingerprint density at radius 3 is 2.32 bits per heavy atom. The number of amides is 2. The fourth-order valence-corrected chi connectivity index (χ4v) is 3.73. The van der Waals surface area contributed by atoms with Gasteiger partial charge in [-0.15, -0.1) is 0 Å². The van der Waals surface area contributed by atoms with Crippen molar-refractivity contribution >= 4 is 17.5 Å². The number of carbonyl (C=O) groups is 2. The summed E-state index contributed by atoms with van der Waals surface area (Å²) >= 11 is 0. The Morgan fingerprint density at radius 1 is 1.11 bits per heavy atom. The summed E-state index contributed by atoms with van der Waals surface area (Å²) < 4.78 is 5.72. The molecule has 3 heterocycles. The Bertz CT molecular complexity index is 555. The van der Waals surface area contributed by atoms with Crippen LogP contribution in [0.3, 0.4) is 0 Å². The van der Waals surface area contributed by atoms with Gasteiger partial charge in [-0.3, -0.25) is 9.59 Å². The third-order valence-corrected chi connectivity index (χ3v) is 4.54. The van der Waals surface area contributed by atoms with Crippen LogP contribution in [0.25, 0.3) is 0 Å². The monoisotopic (exact) mass is 257 g/mol. The van der Waals surface area contributed by atoms with Gasteiger partial charge in [0.25, 0.3) is 0 Å². The second-order valence-corrected chi connectivity index (χ2v) is 5.69. The molecule has 4 rings (SSSR count). The maximum absolute atomic E-state index is 12.5. The maximum Gasteiger partial charge on any atom is 0.240 e. The van der Waals surface area contributed by atoms with Gasteiger partial charge >= 0.3 is 0 Å². The minimum atomic E-state index is -0.244. The van der Waals surface area contributed by atoms with Gasteiger partial charge in [0.2, 0.25) is 11.8 Å². The highest BCUT2D eigenvalue weighted by Gasteiger charge is 2.62. The number of nitrogens with zero attached hydrogens (tertiary/aromatic N) is 1.